The van der Waals surface area contributed by atoms with Gasteiger partial charge in [0.1, 0.15) is 5.82 Å². The first-order chi connectivity index (χ1) is 9.19. The Morgan fingerprint density at radius 2 is 1.89 bits per heavy atom. The monoisotopic (exact) mass is 258 g/mol. The summed E-state index contributed by atoms with van der Waals surface area (Å²) in [6, 6.07) is 15.2. The van der Waals surface area contributed by atoms with Gasteiger partial charge in [-0.05, 0) is 48.6 Å². The van der Waals surface area contributed by atoms with Crippen LogP contribution in [0.5, 0.6) is 0 Å². The van der Waals surface area contributed by atoms with Crippen LogP contribution < -0.4 is 11.3 Å². The van der Waals surface area contributed by atoms with Crippen molar-refractivity contribution in [2.24, 2.45) is 5.84 Å². The Labute approximate surface area is 113 Å². The van der Waals surface area contributed by atoms with Crippen molar-refractivity contribution in [3.63, 3.8) is 0 Å². The van der Waals surface area contributed by atoms with Crippen LogP contribution in [0.1, 0.15) is 29.2 Å². The SMILES string of the molecule is Cc1cc(F)cc(C(CCc2ccccc2)NN)c1. The maximum Gasteiger partial charge on any atom is 0.123 e. The van der Waals surface area contributed by atoms with Crippen molar-refractivity contribution in [2.45, 2.75) is 25.8 Å². The molecule has 0 aliphatic carbocycles. The minimum Gasteiger partial charge on any atom is -0.271 e. The summed E-state index contributed by atoms with van der Waals surface area (Å²) < 4.78 is 13.4. The van der Waals surface area contributed by atoms with Gasteiger partial charge < -0.3 is 0 Å². The fourth-order valence-electron chi connectivity index (χ4n) is 2.27. The number of hydrogen-bond acceptors (Lipinski definition) is 2. The van der Waals surface area contributed by atoms with Crippen LogP contribution in [0.2, 0.25) is 0 Å². The maximum atomic E-state index is 13.4. The van der Waals surface area contributed by atoms with Crippen LogP contribution in [-0.4, -0.2) is 0 Å². The van der Waals surface area contributed by atoms with E-state index in [1.807, 2.05) is 31.2 Å². The molecule has 2 nitrogen and oxygen atoms in total. The molecule has 0 aliphatic rings. The molecule has 0 bridgehead atoms. The second-order valence-corrected chi connectivity index (χ2v) is 4.81. The van der Waals surface area contributed by atoms with Gasteiger partial charge in [0.25, 0.3) is 0 Å². The van der Waals surface area contributed by atoms with E-state index in [1.165, 1.54) is 11.6 Å². The number of halogens is 1. The molecule has 0 saturated heterocycles. The zero-order valence-electron chi connectivity index (χ0n) is 11.1. The van der Waals surface area contributed by atoms with E-state index in [-0.39, 0.29) is 11.9 Å². The third-order valence-corrected chi connectivity index (χ3v) is 3.23. The van der Waals surface area contributed by atoms with E-state index >= 15 is 0 Å². The first-order valence-corrected chi connectivity index (χ1v) is 6.46. The highest BCUT2D eigenvalue weighted by Crippen LogP contribution is 2.20. The van der Waals surface area contributed by atoms with Gasteiger partial charge in [0.2, 0.25) is 0 Å². The highest BCUT2D eigenvalue weighted by atomic mass is 19.1. The summed E-state index contributed by atoms with van der Waals surface area (Å²) in [6.07, 6.45) is 1.74. The lowest BCUT2D eigenvalue weighted by Crippen LogP contribution is -2.28. The summed E-state index contributed by atoms with van der Waals surface area (Å²) in [4.78, 5) is 0. The number of aryl methyl sites for hydroxylation is 2. The van der Waals surface area contributed by atoms with Crippen LogP contribution in [0.25, 0.3) is 0 Å². The molecule has 2 rings (SSSR count). The summed E-state index contributed by atoms with van der Waals surface area (Å²) in [6.45, 7) is 1.89. The van der Waals surface area contributed by atoms with E-state index in [2.05, 4.69) is 17.6 Å². The molecule has 3 N–H and O–H groups in total. The topological polar surface area (TPSA) is 38.0 Å². The summed E-state index contributed by atoms with van der Waals surface area (Å²) in [5.74, 6) is 5.38. The van der Waals surface area contributed by atoms with E-state index in [1.54, 1.807) is 6.07 Å². The van der Waals surface area contributed by atoms with Crippen molar-refractivity contribution in [2.75, 3.05) is 0 Å². The summed E-state index contributed by atoms with van der Waals surface area (Å²) >= 11 is 0. The Balaban J connectivity index is 2.07. The normalized spacial score (nSPS) is 12.4. The van der Waals surface area contributed by atoms with E-state index in [9.17, 15) is 4.39 Å². The van der Waals surface area contributed by atoms with Crippen molar-refractivity contribution in [3.05, 3.63) is 71.0 Å². The molecule has 1 unspecified atom stereocenters. The average molecular weight is 258 g/mol. The van der Waals surface area contributed by atoms with Gasteiger partial charge in [-0.3, -0.25) is 11.3 Å². The molecule has 2 aromatic rings. The van der Waals surface area contributed by atoms with Crippen LogP contribution >= 0.6 is 0 Å². The third-order valence-electron chi connectivity index (χ3n) is 3.23. The molecule has 1 atom stereocenters. The van der Waals surface area contributed by atoms with E-state index in [0.29, 0.717) is 0 Å². The second kappa shape index (κ2) is 6.45. The van der Waals surface area contributed by atoms with Crippen LogP contribution in [0.15, 0.2) is 48.5 Å². The smallest absolute Gasteiger partial charge is 0.123 e. The molecular formula is C16H19FN2. The Bertz CT molecular complexity index is 505. The predicted octanol–water partition coefficient (Wildman–Crippen LogP) is 3.27. The van der Waals surface area contributed by atoms with Crippen LogP contribution in [0, 0.1) is 12.7 Å². The second-order valence-electron chi connectivity index (χ2n) is 4.81. The standard InChI is InChI=1S/C16H19FN2/c1-12-9-14(11-15(17)10-12)16(19-18)8-7-13-5-3-2-4-6-13/h2-6,9-11,16,19H,7-8,18H2,1H3. The van der Waals surface area contributed by atoms with Crippen LogP contribution in [-0.2, 0) is 6.42 Å². The zero-order valence-corrected chi connectivity index (χ0v) is 11.1. The van der Waals surface area contributed by atoms with Crippen molar-refractivity contribution in [1.29, 1.82) is 0 Å². The number of hydrogen-bond donors (Lipinski definition) is 2. The summed E-state index contributed by atoms with van der Waals surface area (Å²) in [5.41, 5.74) is 5.85. The maximum absolute atomic E-state index is 13.4. The quantitative estimate of drug-likeness (QED) is 0.638. The summed E-state index contributed by atoms with van der Waals surface area (Å²) in [7, 11) is 0. The van der Waals surface area contributed by atoms with E-state index < -0.39 is 0 Å². The number of rotatable bonds is 5. The lowest BCUT2D eigenvalue weighted by Gasteiger charge is -2.17. The van der Waals surface area contributed by atoms with Crippen molar-refractivity contribution < 1.29 is 4.39 Å². The molecular weight excluding hydrogens is 239 g/mol. The fourth-order valence-corrected chi connectivity index (χ4v) is 2.27. The minimum absolute atomic E-state index is 0.0328. The van der Waals surface area contributed by atoms with Crippen LogP contribution in [0.4, 0.5) is 4.39 Å². The minimum atomic E-state index is -0.213. The molecule has 3 heteroatoms. The highest BCUT2D eigenvalue weighted by Gasteiger charge is 2.11. The van der Waals surface area contributed by atoms with Gasteiger partial charge in [0.15, 0.2) is 0 Å². The van der Waals surface area contributed by atoms with Gasteiger partial charge >= 0.3 is 0 Å². The number of hydrazine groups is 1. The predicted molar refractivity (Wildman–Crippen MR) is 76.0 cm³/mol. The van der Waals surface area contributed by atoms with Gasteiger partial charge in [-0.1, -0.05) is 36.4 Å². The zero-order chi connectivity index (χ0) is 13.7. The number of nitrogens with one attached hydrogen (secondary N) is 1. The largest absolute Gasteiger partial charge is 0.271 e. The molecule has 2 aromatic carbocycles. The van der Waals surface area contributed by atoms with Crippen molar-refractivity contribution in [3.8, 4) is 0 Å². The fraction of sp³-hybridized carbons (Fsp3) is 0.250. The van der Waals surface area contributed by atoms with Gasteiger partial charge in [0, 0.05) is 6.04 Å². The molecule has 0 saturated carbocycles. The Kier molecular flexibility index (Phi) is 4.66. The molecule has 0 spiro atoms. The summed E-state index contributed by atoms with van der Waals surface area (Å²) in [5, 5.41) is 0. The lowest BCUT2D eigenvalue weighted by molar-refractivity contribution is 0.511. The van der Waals surface area contributed by atoms with Crippen molar-refractivity contribution >= 4 is 0 Å². The molecule has 0 heterocycles. The van der Waals surface area contributed by atoms with Gasteiger partial charge in [0.05, 0.1) is 0 Å². The Morgan fingerprint density at radius 1 is 1.16 bits per heavy atom. The first kappa shape index (κ1) is 13.7. The van der Waals surface area contributed by atoms with E-state index in [0.717, 1.165) is 24.0 Å². The first-order valence-electron chi connectivity index (χ1n) is 6.46. The van der Waals surface area contributed by atoms with Crippen LogP contribution in [0.3, 0.4) is 0 Å². The Hall–Kier alpha value is -1.71. The molecule has 0 fully saturated rings. The van der Waals surface area contributed by atoms with Gasteiger partial charge in [-0.25, -0.2) is 4.39 Å². The molecule has 100 valence electrons. The third kappa shape index (κ3) is 3.88. The van der Waals surface area contributed by atoms with Crippen molar-refractivity contribution in [1.82, 2.24) is 5.43 Å². The van der Waals surface area contributed by atoms with E-state index in [4.69, 9.17) is 5.84 Å². The molecule has 0 radical (unpaired) electrons. The molecule has 19 heavy (non-hydrogen) atoms. The Morgan fingerprint density at radius 3 is 2.53 bits per heavy atom. The number of benzene rings is 2. The molecule has 0 amide bonds. The van der Waals surface area contributed by atoms with Gasteiger partial charge in [-0.15, -0.1) is 0 Å². The van der Waals surface area contributed by atoms with Gasteiger partial charge in [-0.2, -0.15) is 0 Å². The lowest BCUT2D eigenvalue weighted by atomic mass is 9.98. The molecule has 0 aliphatic heterocycles. The average Bonchev–Trinajstić information content (AvgIpc) is 2.39. The molecule has 0 aromatic heterocycles. The number of nitrogens with two attached hydrogens (primary N) is 1. The highest BCUT2D eigenvalue weighted by molar-refractivity contribution is 5.26.